The number of nitrogens with zero attached hydrogens (tertiary/aromatic N) is 11. The van der Waals surface area contributed by atoms with Crippen LogP contribution in [0.1, 0.15) is 61.3 Å². The van der Waals surface area contributed by atoms with E-state index in [-0.39, 0.29) is 18.4 Å². The number of rotatable bonds is 13. The summed E-state index contributed by atoms with van der Waals surface area (Å²) >= 11 is 3.03. The molecule has 69 heavy (non-hydrogen) atoms. The number of sulfone groups is 1. The van der Waals surface area contributed by atoms with E-state index < -0.39 is 26.2 Å². The number of alkyl halides is 3. The summed E-state index contributed by atoms with van der Waals surface area (Å²) in [5.41, 5.74) is -1.33. The normalized spacial score (nSPS) is 14.4. The summed E-state index contributed by atoms with van der Waals surface area (Å²) in [6, 6.07) is 28.3. The molecule has 16 nitrogen and oxygen atoms in total. The number of nitriles is 3. The monoisotopic (exact) mass is 991 g/mol. The lowest BCUT2D eigenvalue weighted by molar-refractivity contribution is -0.127. The molecule has 0 saturated carbocycles. The molecule has 3 aromatic carbocycles. The third-order valence-electron chi connectivity index (χ3n) is 10.9. The van der Waals surface area contributed by atoms with E-state index in [1.807, 2.05) is 58.3 Å². The van der Waals surface area contributed by atoms with Gasteiger partial charge in [0, 0.05) is 70.2 Å². The molecule has 6 heterocycles. The topological polar surface area (TPSA) is 230 Å². The molecule has 0 aliphatic carbocycles. The lowest BCUT2D eigenvalue weighted by Gasteiger charge is -2.33. The van der Waals surface area contributed by atoms with Crippen LogP contribution in [0.15, 0.2) is 96.2 Å². The van der Waals surface area contributed by atoms with Gasteiger partial charge in [-0.25, -0.2) is 38.3 Å². The Morgan fingerprint density at radius 3 is 2.25 bits per heavy atom. The first-order valence-corrected chi connectivity index (χ1v) is 24.9. The van der Waals surface area contributed by atoms with E-state index in [1.165, 1.54) is 35.7 Å². The molecule has 1 unspecified atom stereocenters. The van der Waals surface area contributed by atoms with Crippen molar-refractivity contribution in [1.29, 1.82) is 15.8 Å². The first kappa shape index (κ1) is 49.6. The molecule has 4 aromatic heterocycles. The number of thiazole rings is 2. The van der Waals surface area contributed by atoms with Gasteiger partial charge in [0.15, 0.2) is 0 Å². The number of benzene rings is 3. The minimum atomic E-state index is -5.42. The molecule has 2 aliphatic rings. The highest BCUT2D eigenvalue weighted by Crippen LogP contribution is 2.35. The Morgan fingerprint density at radius 2 is 1.59 bits per heavy atom. The maximum absolute atomic E-state index is 12.9. The molecule has 22 heteroatoms. The molecule has 9 rings (SSSR count). The van der Waals surface area contributed by atoms with Gasteiger partial charge in [-0.15, -0.1) is 22.7 Å². The van der Waals surface area contributed by atoms with E-state index in [2.05, 4.69) is 52.7 Å². The molecule has 0 radical (unpaired) electrons. The van der Waals surface area contributed by atoms with Gasteiger partial charge in [-0.1, -0.05) is 30.3 Å². The van der Waals surface area contributed by atoms with E-state index in [4.69, 9.17) is 5.26 Å². The Balaban J connectivity index is 0.000000201. The van der Waals surface area contributed by atoms with Crippen molar-refractivity contribution >= 4 is 76.4 Å². The highest BCUT2D eigenvalue weighted by atomic mass is 32.2. The van der Waals surface area contributed by atoms with Crippen LogP contribution in [0, 0.1) is 34.0 Å². The zero-order chi connectivity index (χ0) is 49.0. The number of amides is 1. The smallest absolute Gasteiger partial charge is 0.382 e. The number of hydrogen-bond donors (Lipinski definition) is 2. The minimum absolute atomic E-state index is 0.0734. The van der Waals surface area contributed by atoms with Crippen molar-refractivity contribution in [2.45, 2.75) is 67.8 Å². The average Bonchev–Trinajstić information content (AvgIpc) is 4.10. The van der Waals surface area contributed by atoms with Crippen molar-refractivity contribution in [3.05, 3.63) is 108 Å². The van der Waals surface area contributed by atoms with Crippen LogP contribution in [0.3, 0.4) is 0 Å². The number of aromatic nitrogens is 6. The van der Waals surface area contributed by atoms with Crippen molar-refractivity contribution in [3.63, 3.8) is 0 Å². The summed E-state index contributed by atoms with van der Waals surface area (Å²) in [7, 11) is -5.42. The molecule has 1 amide bonds. The summed E-state index contributed by atoms with van der Waals surface area (Å²) in [5.74, 6) is 0.706. The molecule has 1 atom stereocenters. The molecule has 0 spiro atoms. The van der Waals surface area contributed by atoms with Gasteiger partial charge in [0.05, 0.1) is 66.9 Å². The van der Waals surface area contributed by atoms with E-state index >= 15 is 0 Å². The van der Waals surface area contributed by atoms with E-state index in [9.17, 15) is 36.9 Å². The van der Waals surface area contributed by atoms with Crippen LogP contribution in [-0.2, 0) is 21.1 Å². The van der Waals surface area contributed by atoms with E-state index in [1.54, 1.807) is 30.6 Å². The van der Waals surface area contributed by atoms with E-state index in [0.29, 0.717) is 67.9 Å². The minimum Gasteiger partial charge on any atom is -0.382 e. The fraction of sp³-hybridized carbons (Fsp3) is 0.319. The molecule has 0 bridgehead atoms. The van der Waals surface area contributed by atoms with Crippen LogP contribution in [0.25, 0.3) is 31.0 Å². The number of fused-ring (bicyclic) bond motifs is 2. The second-order valence-corrected chi connectivity index (χ2v) is 19.6. The van der Waals surface area contributed by atoms with Crippen LogP contribution < -0.4 is 15.5 Å². The zero-order valence-corrected chi connectivity index (χ0v) is 39.5. The standard InChI is InChI=1S/C25H21F3N6O2S2.C20H20N6OS.C2H3N/c26-25(27,28)38(35,36)18-5-3-4-17(14-18)31-16-9-12-34(13-10-16)24-30-15-19(20(33-24)8-11-29)23-32-21-6-1-2-7-22(21)37-23;21-13-14(19-24-16-5-1-2-6-17(16)28-19)15-8-10-23-20(25-15)22-9-4-12-26-11-3-7-18(26)27;1-2-3/h1-7,14-16,31H,8-10,12-13H2;1-2,5-6,8,10,14H,3-4,7,9,11-12H2,(H,22,23,25);1H3. The maximum atomic E-state index is 12.9. The van der Waals surface area contributed by atoms with Crippen LogP contribution >= 0.6 is 22.7 Å². The predicted octanol–water partition coefficient (Wildman–Crippen LogP) is 8.89. The molecule has 7 aromatic rings. The molecule has 2 fully saturated rings. The first-order valence-electron chi connectivity index (χ1n) is 21.7. The Kier molecular flexibility index (Phi) is 16.3. The molecular weight excluding hydrogens is 948 g/mol. The van der Waals surface area contributed by atoms with Crippen LogP contribution in [0.5, 0.6) is 0 Å². The number of anilines is 3. The average molecular weight is 992 g/mol. The van der Waals surface area contributed by atoms with Gasteiger partial charge < -0.3 is 20.4 Å². The van der Waals surface area contributed by atoms with Gasteiger partial charge in [0.1, 0.15) is 15.9 Å². The number of carbonyl (C=O) groups is 1. The Labute approximate surface area is 404 Å². The Bertz CT molecular complexity index is 3090. The van der Waals surface area contributed by atoms with Gasteiger partial charge in [-0.3, -0.25) is 4.79 Å². The molecule has 2 N–H and O–H groups in total. The van der Waals surface area contributed by atoms with Crippen molar-refractivity contribution in [2.24, 2.45) is 0 Å². The SMILES string of the molecule is CC#N.N#CC(c1ccnc(NCCCN2CCCC2=O)n1)c1nc2ccccc2s1.N#CCc1nc(N2CCC(Nc3cccc(S(=O)(=O)C(F)(F)F)c3)CC2)ncc1-c1nc2ccccc2s1. The van der Waals surface area contributed by atoms with E-state index in [0.717, 1.165) is 74.1 Å². The number of para-hydroxylation sites is 2. The number of halogens is 3. The summed E-state index contributed by atoms with van der Waals surface area (Å²) in [6.45, 7) is 4.86. The lowest BCUT2D eigenvalue weighted by Crippen LogP contribution is -2.40. The van der Waals surface area contributed by atoms with Gasteiger partial charge in [-0.05, 0) is 74.2 Å². The van der Waals surface area contributed by atoms with Gasteiger partial charge >= 0.3 is 5.51 Å². The van der Waals surface area contributed by atoms with Crippen LogP contribution in [-0.4, -0.2) is 93.4 Å². The molecule has 2 saturated heterocycles. The second kappa shape index (κ2) is 22.7. The number of hydrogen-bond acceptors (Lipinski definition) is 17. The number of nitrogens with one attached hydrogen (secondary N) is 2. The van der Waals surface area contributed by atoms with Crippen molar-refractivity contribution in [1.82, 2.24) is 34.8 Å². The summed E-state index contributed by atoms with van der Waals surface area (Å²) in [6.07, 6.45) is 7.18. The largest absolute Gasteiger partial charge is 0.501 e. The van der Waals surface area contributed by atoms with Gasteiger partial charge in [0.25, 0.3) is 9.84 Å². The summed E-state index contributed by atoms with van der Waals surface area (Å²) < 4.78 is 64.3. The summed E-state index contributed by atoms with van der Waals surface area (Å²) in [5, 5.41) is 34.2. The lowest BCUT2D eigenvalue weighted by atomic mass is 10.0. The number of likely N-dealkylation sites (tertiary alicyclic amines) is 1. The highest BCUT2D eigenvalue weighted by molar-refractivity contribution is 7.92. The zero-order valence-electron chi connectivity index (χ0n) is 37.1. The fourth-order valence-corrected chi connectivity index (χ4v) is 10.4. The Hall–Kier alpha value is -7.32. The van der Waals surface area contributed by atoms with Gasteiger partial charge in [-0.2, -0.15) is 29.0 Å². The van der Waals surface area contributed by atoms with Gasteiger partial charge in [0.2, 0.25) is 17.8 Å². The maximum Gasteiger partial charge on any atom is 0.501 e. The van der Waals surface area contributed by atoms with Crippen molar-refractivity contribution in [2.75, 3.05) is 48.3 Å². The number of carbonyl (C=O) groups excluding carboxylic acids is 1. The number of piperidine rings is 1. The van der Waals surface area contributed by atoms with Crippen LogP contribution in [0.2, 0.25) is 0 Å². The second-order valence-electron chi connectivity index (χ2n) is 15.6. The third kappa shape index (κ3) is 12.2. The predicted molar refractivity (Wildman–Crippen MR) is 258 cm³/mol. The highest BCUT2D eigenvalue weighted by Gasteiger charge is 2.47. The fourth-order valence-electron chi connectivity index (χ4n) is 7.57. The van der Waals surface area contributed by atoms with Crippen LogP contribution in [0.4, 0.5) is 30.8 Å². The van der Waals surface area contributed by atoms with Crippen molar-refractivity contribution in [3.8, 4) is 28.8 Å². The first-order chi connectivity index (χ1) is 33.3. The third-order valence-corrected chi connectivity index (χ3v) is 14.6. The molecular formula is C47H44F3N13O3S3. The summed E-state index contributed by atoms with van der Waals surface area (Å²) in [4.78, 5) is 42.0. The Morgan fingerprint density at radius 1 is 0.884 bits per heavy atom. The van der Waals surface area contributed by atoms with Crippen molar-refractivity contribution < 1.29 is 26.4 Å². The molecule has 2 aliphatic heterocycles. The quantitative estimate of drug-likeness (QED) is 0.103. The molecule has 354 valence electrons.